The Kier molecular flexibility index (Phi) is 6.70. The zero-order chi connectivity index (χ0) is 15.0. The third-order valence-electron chi connectivity index (χ3n) is 2.84. The first-order valence-electron chi connectivity index (χ1n) is 6.94. The highest BCUT2D eigenvalue weighted by molar-refractivity contribution is 6.39. The lowest BCUT2D eigenvalue weighted by Gasteiger charge is -2.21. The maximum Gasteiger partial charge on any atom is 0.313 e. The van der Waals surface area contributed by atoms with Gasteiger partial charge in [0.1, 0.15) is 5.82 Å². The molecule has 0 aliphatic heterocycles. The van der Waals surface area contributed by atoms with Gasteiger partial charge in [-0.3, -0.25) is 9.59 Å². The van der Waals surface area contributed by atoms with Crippen LogP contribution in [-0.2, 0) is 9.59 Å². The van der Waals surface area contributed by atoms with Crippen LogP contribution in [0.3, 0.4) is 0 Å². The van der Waals surface area contributed by atoms with Crippen molar-refractivity contribution in [1.82, 2.24) is 4.90 Å². The van der Waals surface area contributed by atoms with Gasteiger partial charge in [-0.05, 0) is 31.0 Å². The molecule has 0 aliphatic carbocycles. The molecule has 20 heavy (non-hydrogen) atoms. The fourth-order valence-electron chi connectivity index (χ4n) is 1.83. The Morgan fingerprint density at radius 1 is 1.20 bits per heavy atom. The quantitative estimate of drug-likeness (QED) is 0.815. The van der Waals surface area contributed by atoms with Crippen molar-refractivity contribution >= 4 is 17.5 Å². The van der Waals surface area contributed by atoms with Crippen LogP contribution in [-0.4, -0.2) is 29.8 Å². The molecule has 0 radical (unpaired) electrons. The highest BCUT2D eigenvalue weighted by atomic mass is 19.1. The number of rotatable bonds is 6. The van der Waals surface area contributed by atoms with Crippen molar-refractivity contribution in [2.45, 2.75) is 33.1 Å². The van der Waals surface area contributed by atoms with E-state index in [1.165, 1.54) is 23.1 Å². The number of anilines is 1. The van der Waals surface area contributed by atoms with Gasteiger partial charge in [0.05, 0.1) is 0 Å². The van der Waals surface area contributed by atoms with Gasteiger partial charge in [0.2, 0.25) is 0 Å². The van der Waals surface area contributed by atoms with Crippen molar-refractivity contribution in [1.29, 1.82) is 0 Å². The van der Waals surface area contributed by atoms with Crippen LogP contribution in [0.5, 0.6) is 0 Å². The monoisotopic (exact) mass is 280 g/mol. The van der Waals surface area contributed by atoms with E-state index in [0.717, 1.165) is 19.3 Å². The van der Waals surface area contributed by atoms with E-state index in [2.05, 4.69) is 5.32 Å². The molecule has 1 N–H and O–H groups in total. The molecule has 0 aromatic heterocycles. The van der Waals surface area contributed by atoms with E-state index < -0.39 is 17.6 Å². The molecular formula is C15H21FN2O2. The van der Waals surface area contributed by atoms with Crippen LogP contribution >= 0.6 is 0 Å². The van der Waals surface area contributed by atoms with Gasteiger partial charge in [-0.15, -0.1) is 0 Å². The predicted octanol–water partition coefficient (Wildman–Crippen LogP) is 2.80. The standard InChI is InChI=1S/C15H21FN2O2/c1-3-5-10-18(9-4-2)15(20)14(19)17-13-8-6-7-12(16)11-13/h6-8,11H,3-5,9-10H2,1-2H3,(H,17,19). The smallest absolute Gasteiger partial charge is 0.313 e. The molecular weight excluding hydrogens is 259 g/mol. The first-order valence-corrected chi connectivity index (χ1v) is 6.94. The summed E-state index contributed by atoms with van der Waals surface area (Å²) < 4.78 is 13.0. The van der Waals surface area contributed by atoms with Gasteiger partial charge >= 0.3 is 11.8 Å². The molecule has 0 unspecified atom stereocenters. The van der Waals surface area contributed by atoms with Gasteiger partial charge in [0.15, 0.2) is 0 Å². The number of unbranched alkanes of at least 4 members (excludes halogenated alkanes) is 1. The number of benzene rings is 1. The molecule has 5 heteroatoms. The van der Waals surface area contributed by atoms with Crippen LogP contribution in [0.4, 0.5) is 10.1 Å². The predicted molar refractivity (Wildman–Crippen MR) is 76.8 cm³/mol. The van der Waals surface area contributed by atoms with Gasteiger partial charge in [-0.1, -0.05) is 26.3 Å². The third-order valence-corrected chi connectivity index (χ3v) is 2.84. The number of nitrogens with zero attached hydrogens (tertiary/aromatic N) is 1. The second-order valence-electron chi connectivity index (χ2n) is 4.61. The highest BCUT2D eigenvalue weighted by Gasteiger charge is 2.20. The fraction of sp³-hybridized carbons (Fsp3) is 0.467. The number of carbonyl (C=O) groups is 2. The lowest BCUT2D eigenvalue weighted by molar-refractivity contribution is -0.143. The van der Waals surface area contributed by atoms with E-state index in [-0.39, 0.29) is 5.69 Å². The first-order chi connectivity index (χ1) is 9.58. The van der Waals surface area contributed by atoms with Crippen LogP contribution in [0.25, 0.3) is 0 Å². The zero-order valence-corrected chi connectivity index (χ0v) is 12.0. The number of halogens is 1. The molecule has 0 fully saturated rings. The summed E-state index contributed by atoms with van der Waals surface area (Å²) in [5.74, 6) is -1.74. The average Bonchev–Trinajstić information content (AvgIpc) is 2.42. The van der Waals surface area contributed by atoms with E-state index in [1.807, 2.05) is 13.8 Å². The maximum absolute atomic E-state index is 13.0. The molecule has 0 heterocycles. The summed E-state index contributed by atoms with van der Waals surface area (Å²) in [4.78, 5) is 25.5. The summed E-state index contributed by atoms with van der Waals surface area (Å²) in [6, 6.07) is 5.49. The summed E-state index contributed by atoms with van der Waals surface area (Å²) >= 11 is 0. The Labute approximate surface area is 119 Å². The molecule has 1 rings (SSSR count). The molecule has 110 valence electrons. The van der Waals surface area contributed by atoms with E-state index >= 15 is 0 Å². The van der Waals surface area contributed by atoms with Crippen LogP contribution in [0.15, 0.2) is 24.3 Å². The minimum atomic E-state index is -0.722. The molecule has 1 aromatic rings. The summed E-state index contributed by atoms with van der Waals surface area (Å²) in [5, 5.41) is 2.43. The molecule has 0 aliphatic rings. The Bertz CT molecular complexity index is 463. The van der Waals surface area contributed by atoms with E-state index in [1.54, 1.807) is 6.07 Å². The fourth-order valence-corrected chi connectivity index (χ4v) is 1.83. The number of carbonyl (C=O) groups excluding carboxylic acids is 2. The average molecular weight is 280 g/mol. The topological polar surface area (TPSA) is 49.4 Å². The maximum atomic E-state index is 13.0. The minimum absolute atomic E-state index is 0.287. The van der Waals surface area contributed by atoms with Crippen molar-refractivity contribution in [2.24, 2.45) is 0 Å². The van der Waals surface area contributed by atoms with E-state index in [0.29, 0.717) is 13.1 Å². The van der Waals surface area contributed by atoms with Crippen LogP contribution in [0.2, 0.25) is 0 Å². The Morgan fingerprint density at radius 2 is 1.95 bits per heavy atom. The Morgan fingerprint density at radius 3 is 2.55 bits per heavy atom. The Hall–Kier alpha value is -1.91. The van der Waals surface area contributed by atoms with Crippen molar-refractivity contribution in [3.05, 3.63) is 30.1 Å². The first kappa shape index (κ1) is 16.1. The SMILES string of the molecule is CCCCN(CCC)C(=O)C(=O)Nc1cccc(F)c1. The Balaban J connectivity index is 2.66. The van der Waals surface area contributed by atoms with Gasteiger partial charge in [-0.25, -0.2) is 4.39 Å². The van der Waals surface area contributed by atoms with Gasteiger partial charge in [-0.2, -0.15) is 0 Å². The number of hydrogen-bond acceptors (Lipinski definition) is 2. The molecule has 0 saturated carbocycles. The van der Waals surface area contributed by atoms with Crippen LogP contribution < -0.4 is 5.32 Å². The van der Waals surface area contributed by atoms with Crippen molar-refractivity contribution in [3.8, 4) is 0 Å². The van der Waals surface area contributed by atoms with Gasteiger partial charge in [0, 0.05) is 18.8 Å². The van der Waals surface area contributed by atoms with Crippen LogP contribution in [0, 0.1) is 5.82 Å². The van der Waals surface area contributed by atoms with Crippen molar-refractivity contribution in [2.75, 3.05) is 18.4 Å². The number of hydrogen-bond donors (Lipinski definition) is 1. The molecule has 0 atom stereocenters. The van der Waals surface area contributed by atoms with Gasteiger partial charge < -0.3 is 10.2 Å². The second-order valence-corrected chi connectivity index (χ2v) is 4.61. The summed E-state index contributed by atoms with van der Waals surface area (Å²) in [6.07, 6.45) is 2.61. The highest BCUT2D eigenvalue weighted by Crippen LogP contribution is 2.09. The third kappa shape index (κ3) is 4.99. The van der Waals surface area contributed by atoms with Crippen LogP contribution in [0.1, 0.15) is 33.1 Å². The molecule has 1 aromatic carbocycles. The zero-order valence-electron chi connectivity index (χ0n) is 12.0. The summed E-state index contributed by atoms with van der Waals surface area (Å²) in [6.45, 7) is 5.10. The largest absolute Gasteiger partial charge is 0.334 e. The molecule has 0 bridgehead atoms. The number of nitrogens with one attached hydrogen (secondary N) is 1. The van der Waals surface area contributed by atoms with E-state index in [9.17, 15) is 14.0 Å². The van der Waals surface area contributed by atoms with Gasteiger partial charge in [0.25, 0.3) is 0 Å². The summed E-state index contributed by atoms with van der Waals surface area (Å²) in [7, 11) is 0. The lowest BCUT2D eigenvalue weighted by atomic mass is 10.2. The molecule has 2 amide bonds. The molecule has 0 spiro atoms. The number of amides is 2. The minimum Gasteiger partial charge on any atom is -0.334 e. The molecule has 0 saturated heterocycles. The second kappa shape index (κ2) is 8.30. The van der Waals surface area contributed by atoms with E-state index in [4.69, 9.17) is 0 Å². The molecule has 4 nitrogen and oxygen atoms in total. The van der Waals surface area contributed by atoms with Crippen molar-refractivity contribution in [3.63, 3.8) is 0 Å². The summed E-state index contributed by atoms with van der Waals surface area (Å²) in [5.41, 5.74) is 0.287. The lowest BCUT2D eigenvalue weighted by Crippen LogP contribution is -2.40. The normalized spacial score (nSPS) is 10.2. The van der Waals surface area contributed by atoms with Crippen molar-refractivity contribution < 1.29 is 14.0 Å².